The van der Waals surface area contributed by atoms with Crippen LogP contribution >= 0.6 is 0 Å². The predicted molar refractivity (Wildman–Crippen MR) is 83.6 cm³/mol. The summed E-state index contributed by atoms with van der Waals surface area (Å²) in [6.07, 6.45) is 5.10. The van der Waals surface area contributed by atoms with Crippen molar-refractivity contribution in [3.05, 3.63) is 23.7 Å². The minimum absolute atomic E-state index is 0.554. The highest BCUT2D eigenvalue weighted by molar-refractivity contribution is 5.07. The normalized spacial score (nSPS) is 18.8. The van der Waals surface area contributed by atoms with Crippen molar-refractivity contribution in [3.63, 3.8) is 0 Å². The van der Waals surface area contributed by atoms with Crippen molar-refractivity contribution < 1.29 is 4.42 Å². The maximum atomic E-state index is 5.92. The van der Waals surface area contributed by atoms with Gasteiger partial charge in [-0.2, -0.15) is 0 Å². The summed E-state index contributed by atoms with van der Waals surface area (Å²) in [5, 5.41) is 3.38. The summed E-state index contributed by atoms with van der Waals surface area (Å²) in [6, 6.07) is 4.25. The molecule has 0 aliphatic carbocycles. The van der Waals surface area contributed by atoms with E-state index >= 15 is 0 Å². The zero-order chi connectivity index (χ0) is 14.4. The van der Waals surface area contributed by atoms with Crippen LogP contribution in [0.3, 0.4) is 0 Å². The summed E-state index contributed by atoms with van der Waals surface area (Å²) >= 11 is 0. The number of nitrogens with one attached hydrogen (secondary N) is 1. The standard InChI is InChI=1S/C17H30N2O/c1-4-10-18-12-15-7-8-16(20-15)13-19-11-9-17(5-2,6-3)14-19/h7-8,18H,4-6,9-14H2,1-3H3. The molecule has 1 saturated heterocycles. The fourth-order valence-corrected chi connectivity index (χ4v) is 3.20. The van der Waals surface area contributed by atoms with Crippen LogP contribution in [-0.4, -0.2) is 24.5 Å². The Morgan fingerprint density at radius 3 is 2.60 bits per heavy atom. The monoisotopic (exact) mass is 278 g/mol. The van der Waals surface area contributed by atoms with E-state index in [0.29, 0.717) is 5.41 Å². The molecule has 1 aromatic rings. The first-order chi connectivity index (χ1) is 9.71. The van der Waals surface area contributed by atoms with E-state index in [-0.39, 0.29) is 0 Å². The second kappa shape index (κ2) is 7.28. The van der Waals surface area contributed by atoms with Crippen molar-refractivity contribution in [3.8, 4) is 0 Å². The van der Waals surface area contributed by atoms with Crippen molar-refractivity contribution in [1.29, 1.82) is 0 Å². The minimum atomic E-state index is 0.554. The van der Waals surface area contributed by atoms with Gasteiger partial charge in [-0.05, 0) is 56.3 Å². The third-order valence-corrected chi connectivity index (χ3v) is 4.84. The molecule has 1 fully saturated rings. The van der Waals surface area contributed by atoms with Gasteiger partial charge in [0.25, 0.3) is 0 Å². The first-order valence-electron chi connectivity index (χ1n) is 8.22. The van der Waals surface area contributed by atoms with E-state index < -0.39 is 0 Å². The first-order valence-corrected chi connectivity index (χ1v) is 8.22. The zero-order valence-corrected chi connectivity index (χ0v) is 13.4. The van der Waals surface area contributed by atoms with Gasteiger partial charge in [-0.15, -0.1) is 0 Å². The molecule has 1 N–H and O–H groups in total. The molecule has 3 nitrogen and oxygen atoms in total. The highest BCUT2D eigenvalue weighted by atomic mass is 16.3. The number of nitrogens with zero attached hydrogens (tertiary/aromatic N) is 1. The average Bonchev–Trinajstić information content (AvgIpc) is 3.07. The van der Waals surface area contributed by atoms with Crippen LogP contribution in [-0.2, 0) is 13.1 Å². The summed E-state index contributed by atoms with van der Waals surface area (Å²) in [5.41, 5.74) is 0.554. The van der Waals surface area contributed by atoms with Crippen LogP contribution in [0.5, 0.6) is 0 Å². The number of hydrogen-bond donors (Lipinski definition) is 1. The Bertz CT molecular complexity index is 395. The molecule has 0 bridgehead atoms. The average molecular weight is 278 g/mol. The summed E-state index contributed by atoms with van der Waals surface area (Å²) in [6.45, 7) is 12.2. The van der Waals surface area contributed by atoms with Crippen LogP contribution in [0.2, 0.25) is 0 Å². The van der Waals surface area contributed by atoms with E-state index in [1.54, 1.807) is 0 Å². The summed E-state index contributed by atoms with van der Waals surface area (Å²) < 4.78 is 5.92. The SMILES string of the molecule is CCCNCc1ccc(CN2CCC(CC)(CC)C2)o1. The molecule has 0 saturated carbocycles. The Labute approximate surface area is 123 Å². The van der Waals surface area contributed by atoms with Gasteiger partial charge in [0.2, 0.25) is 0 Å². The van der Waals surface area contributed by atoms with Crippen molar-refractivity contribution in [1.82, 2.24) is 10.2 Å². The molecule has 1 aliphatic rings. The van der Waals surface area contributed by atoms with Crippen LogP contribution in [0, 0.1) is 5.41 Å². The van der Waals surface area contributed by atoms with Crippen molar-refractivity contribution in [2.75, 3.05) is 19.6 Å². The highest BCUT2D eigenvalue weighted by Crippen LogP contribution is 2.37. The summed E-state index contributed by atoms with van der Waals surface area (Å²) in [5.74, 6) is 2.17. The molecule has 114 valence electrons. The van der Waals surface area contributed by atoms with Gasteiger partial charge in [0.15, 0.2) is 0 Å². The molecule has 20 heavy (non-hydrogen) atoms. The molecule has 0 radical (unpaired) electrons. The van der Waals surface area contributed by atoms with E-state index in [1.807, 2.05) is 0 Å². The third kappa shape index (κ3) is 3.86. The largest absolute Gasteiger partial charge is 0.463 e. The molecule has 0 unspecified atom stereocenters. The van der Waals surface area contributed by atoms with E-state index in [1.165, 1.54) is 32.4 Å². The molecule has 3 heteroatoms. The molecule has 1 aliphatic heterocycles. The van der Waals surface area contributed by atoms with Gasteiger partial charge in [-0.3, -0.25) is 4.90 Å². The van der Waals surface area contributed by atoms with E-state index in [0.717, 1.165) is 37.6 Å². The molecule has 1 aromatic heterocycles. The van der Waals surface area contributed by atoms with Gasteiger partial charge in [0.1, 0.15) is 11.5 Å². The molecule has 0 atom stereocenters. The lowest BCUT2D eigenvalue weighted by Gasteiger charge is -2.26. The smallest absolute Gasteiger partial charge is 0.118 e. The fourth-order valence-electron chi connectivity index (χ4n) is 3.20. The Hall–Kier alpha value is -0.800. The molecular weight excluding hydrogens is 248 g/mol. The van der Waals surface area contributed by atoms with Crippen LogP contribution < -0.4 is 5.32 Å². The predicted octanol–water partition coefficient (Wildman–Crippen LogP) is 3.79. The maximum Gasteiger partial charge on any atom is 0.118 e. The Balaban J connectivity index is 1.82. The Morgan fingerprint density at radius 1 is 1.20 bits per heavy atom. The number of rotatable bonds is 8. The Kier molecular flexibility index (Phi) is 5.67. The minimum Gasteiger partial charge on any atom is -0.463 e. The molecule has 2 heterocycles. The lowest BCUT2D eigenvalue weighted by molar-refractivity contribution is 0.224. The molecule has 0 amide bonds. The molecule has 0 aromatic carbocycles. The number of furan rings is 1. The lowest BCUT2D eigenvalue weighted by Crippen LogP contribution is -2.25. The van der Waals surface area contributed by atoms with E-state index in [9.17, 15) is 0 Å². The molecule has 2 rings (SSSR count). The second-order valence-corrected chi connectivity index (χ2v) is 6.21. The second-order valence-electron chi connectivity index (χ2n) is 6.21. The zero-order valence-electron chi connectivity index (χ0n) is 13.4. The third-order valence-electron chi connectivity index (χ3n) is 4.84. The van der Waals surface area contributed by atoms with Crippen LogP contribution in [0.1, 0.15) is 58.0 Å². The van der Waals surface area contributed by atoms with Crippen LogP contribution in [0.25, 0.3) is 0 Å². The number of hydrogen-bond acceptors (Lipinski definition) is 3. The van der Waals surface area contributed by atoms with Gasteiger partial charge < -0.3 is 9.73 Å². The quantitative estimate of drug-likeness (QED) is 0.733. The van der Waals surface area contributed by atoms with Gasteiger partial charge >= 0.3 is 0 Å². The van der Waals surface area contributed by atoms with Gasteiger partial charge in [0, 0.05) is 6.54 Å². The first kappa shape index (κ1) is 15.6. The topological polar surface area (TPSA) is 28.4 Å². The van der Waals surface area contributed by atoms with Gasteiger partial charge in [-0.1, -0.05) is 20.8 Å². The molecule has 0 spiro atoms. The van der Waals surface area contributed by atoms with Crippen molar-refractivity contribution in [2.45, 2.75) is 59.5 Å². The lowest BCUT2D eigenvalue weighted by atomic mass is 9.82. The maximum absolute atomic E-state index is 5.92. The Morgan fingerprint density at radius 2 is 1.95 bits per heavy atom. The summed E-state index contributed by atoms with van der Waals surface area (Å²) in [7, 11) is 0. The fraction of sp³-hybridized carbons (Fsp3) is 0.765. The van der Waals surface area contributed by atoms with Gasteiger partial charge in [0.05, 0.1) is 13.1 Å². The molecular formula is C17H30N2O. The van der Waals surface area contributed by atoms with Crippen molar-refractivity contribution >= 4 is 0 Å². The van der Waals surface area contributed by atoms with E-state index in [2.05, 4.69) is 43.1 Å². The van der Waals surface area contributed by atoms with Crippen LogP contribution in [0.4, 0.5) is 0 Å². The number of likely N-dealkylation sites (tertiary alicyclic amines) is 1. The van der Waals surface area contributed by atoms with Crippen molar-refractivity contribution in [2.24, 2.45) is 5.41 Å². The van der Waals surface area contributed by atoms with Gasteiger partial charge in [-0.25, -0.2) is 0 Å². The summed E-state index contributed by atoms with van der Waals surface area (Å²) in [4.78, 5) is 2.55. The van der Waals surface area contributed by atoms with E-state index in [4.69, 9.17) is 4.42 Å². The highest BCUT2D eigenvalue weighted by Gasteiger charge is 2.34. The van der Waals surface area contributed by atoms with Crippen LogP contribution in [0.15, 0.2) is 16.5 Å².